The molecular formula is C23H36N2O5. The lowest BCUT2D eigenvalue weighted by Crippen LogP contribution is -2.42. The Morgan fingerprint density at radius 3 is 2.57 bits per heavy atom. The Morgan fingerprint density at radius 2 is 1.90 bits per heavy atom. The molecule has 0 radical (unpaired) electrons. The molecule has 30 heavy (non-hydrogen) atoms. The lowest BCUT2D eigenvalue weighted by molar-refractivity contribution is 0.0307. The molecule has 0 aliphatic carbocycles. The van der Waals surface area contributed by atoms with E-state index in [1.807, 2.05) is 0 Å². The zero-order valence-corrected chi connectivity index (χ0v) is 18.3. The van der Waals surface area contributed by atoms with Crippen LogP contribution in [0.15, 0.2) is 18.2 Å². The van der Waals surface area contributed by atoms with Crippen molar-refractivity contribution in [3.05, 3.63) is 23.8 Å². The van der Waals surface area contributed by atoms with Gasteiger partial charge < -0.3 is 24.2 Å². The molecule has 168 valence electrons. The smallest absolute Gasteiger partial charge is 0.161 e. The second kappa shape index (κ2) is 11.6. The number of carbonyl (C=O) groups excluding carboxylic acids is 1. The van der Waals surface area contributed by atoms with Crippen molar-refractivity contribution in [1.29, 1.82) is 0 Å². The van der Waals surface area contributed by atoms with Gasteiger partial charge in [0, 0.05) is 25.2 Å². The van der Waals surface area contributed by atoms with Crippen LogP contribution in [-0.4, -0.2) is 93.0 Å². The molecular weight excluding hydrogens is 384 g/mol. The molecule has 2 saturated heterocycles. The van der Waals surface area contributed by atoms with Crippen molar-refractivity contribution < 1.29 is 24.1 Å². The number of piperidine rings is 1. The molecule has 0 bridgehead atoms. The van der Waals surface area contributed by atoms with Crippen LogP contribution in [0.2, 0.25) is 0 Å². The SMILES string of the molecule is COc1cc(C(C)=O)ccc1OCC(O)CN1CCC(CCN2CCOCC2)CC1. The molecule has 7 nitrogen and oxygen atoms in total. The molecule has 0 amide bonds. The largest absolute Gasteiger partial charge is 0.493 e. The fourth-order valence-corrected chi connectivity index (χ4v) is 4.19. The number of β-amino-alcohol motifs (C(OH)–C–C–N with tert-alkyl or cyclic N) is 1. The van der Waals surface area contributed by atoms with E-state index < -0.39 is 6.10 Å². The van der Waals surface area contributed by atoms with E-state index in [4.69, 9.17) is 14.2 Å². The van der Waals surface area contributed by atoms with E-state index in [0.717, 1.165) is 45.3 Å². The highest BCUT2D eigenvalue weighted by Gasteiger charge is 2.22. The standard InChI is InChI=1S/C23H36N2O5/c1-18(26)20-3-4-22(23(15-20)28-2)30-17-21(27)16-25-9-6-19(7-10-25)5-8-24-11-13-29-14-12-24/h3-4,15,19,21,27H,5-14,16-17H2,1-2H3. The fourth-order valence-electron chi connectivity index (χ4n) is 4.19. The van der Waals surface area contributed by atoms with Crippen LogP contribution in [0.4, 0.5) is 0 Å². The maximum absolute atomic E-state index is 11.5. The van der Waals surface area contributed by atoms with Gasteiger partial charge in [0.15, 0.2) is 17.3 Å². The van der Waals surface area contributed by atoms with Crippen LogP contribution in [0.3, 0.4) is 0 Å². The summed E-state index contributed by atoms with van der Waals surface area (Å²) in [7, 11) is 1.55. The summed E-state index contributed by atoms with van der Waals surface area (Å²) in [6.07, 6.45) is 3.08. The molecule has 0 aromatic heterocycles. The Morgan fingerprint density at radius 1 is 1.17 bits per heavy atom. The number of aliphatic hydroxyl groups is 1. The highest BCUT2D eigenvalue weighted by molar-refractivity contribution is 5.94. The topological polar surface area (TPSA) is 71.5 Å². The molecule has 1 aromatic rings. The summed E-state index contributed by atoms with van der Waals surface area (Å²) < 4.78 is 16.5. The van der Waals surface area contributed by atoms with E-state index in [-0.39, 0.29) is 12.4 Å². The van der Waals surface area contributed by atoms with Gasteiger partial charge >= 0.3 is 0 Å². The van der Waals surface area contributed by atoms with Gasteiger partial charge in [-0.2, -0.15) is 0 Å². The maximum Gasteiger partial charge on any atom is 0.161 e. The minimum Gasteiger partial charge on any atom is -0.493 e. The van der Waals surface area contributed by atoms with Crippen LogP contribution in [0.5, 0.6) is 11.5 Å². The van der Waals surface area contributed by atoms with Crippen LogP contribution in [0, 0.1) is 5.92 Å². The quantitative estimate of drug-likeness (QED) is 0.581. The third kappa shape index (κ3) is 6.94. The monoisotopic (exact) mass is 420 g/mol. The first-order chi connectivity index (χ1) is 14.5. The molecule has 0 saturated carbocycles. The van der Waals surface area contributed by atoms with Gasteiger partial charge in [-0.25, -0.2) is 0 Å². The molecule has 1 atom stereocenters. The molecule has 7 heteroatoms. The number of nitrogens with zero attached hydrogens (tertiary/aromatic N) is 2. The maximum atomic E-state index is 11.5. The molecule has 3 rings (SSSR count). The van der Waals surface area contributed by atoms with Crippen molar-refractivity contribution in [3.63, 3.8) is 0 Å². The zero-order valence-electron chi connectivity index (χ0n) is 18.3. The molecule has 1 N–H and O–H groups in total. The average Bonchev–Trinajstić information content (AvgIpc) is 2.77. The van der Waals surface area contributed by atoms with E-state index in [9.17, 15) is 9.90 Å². The van der Waals surface area contributed by atoms with Gasteiger partial charge in [0.1, 0.15) is 12.7 Å². The summed E-state index contributed by atoms with van der Waals surface area (Å²) in [6, 6.07) is 5.11. The summed E-state index contributed by atoms with van der Waals surface area (Å²) in [6.45, 7) is 9.43. The Kier molecular flexibility index (Phi) is 8.93. The van der Waals surface area contributed by atoms with Crippen molar-refractivity contribution in [2.75, 3.05) is 66.2 Å². The second-order valence-electron chi connectivity index (χ2n) is 8.37. The van der Waals surface area contributed by atoms with Gasteiger partial charge in [0.2, 0.25) is 0 Å². The first-order valence-corrected chi connectivity index (χ1v) is 11.1. The van der Waals surface area contributed by atoms with Crippen LogP contribution in [0.25, 0.3) is 0 Å². The molecule has 2 aliphatic rings. The molecule has 2 fully saturated rings. The van der Waals surface area contributed by atoms with Crippen LogP contribution >= 0.6 is 0 Å². The molecule has 2 heterocycles. The van der Waals surface area contributed by atoms with Crippen LogP contribution in [0.1, 0.15) is 36.5 Å². The summed E-state index contributed by atoms with van der Waals surface area (Å²) >= 11 is 0. The molecule has 2 aliphatic heterocycles. The number of ketones is 1. The van der Waals surface area contributed by atoms with E-state index in [1.165, 1.54) is 32.7 Å². The summed E-state index contributed by atoms with van der Waals surface area (Å²) in [5.74, 6) is 1.81. The number of hydrogen-bond donors (Lipinski definition) is 1. The minimum absolute atomic E-state index is 0.0202. The number of benzene rings is 1. The first-order valence-electron chi connectivity index (χ1n) is 11.1. The van der Waals surface area contributed by atoms with Gasteiger partial charge in [-0.3, -0.25) is 9.69 Å². The van der Waals surface area contributed by atoms with Crippen molar-refractivity contribution >= 4 is 5.78 Å². The number of carbonyl (C=O) groups is 1. The van der Waals surface area contributed by atoms with Crippen molar-refractivity contribution in [2.24, 2.45) is 5.92 Å². The normalized spacial score (nSPS) is 20.1. The van der Waals surface area contributed by atoms with Gasteiger partial charge in [0.25, 0.3) is 0 Å². The summed E-state index contributed by atoms with van der Waals surface area (Å²) in [5.41, 5.74) is 0.580. The highest BCUT2D eigenvalue weighted by atomic mass is 16.5. The van der Waals surface area contributed by atoms with Gasteiger partial charge in [0.05, 0.1) is 20.3 Å². The Bertz CT molecular complexity index is 670. The number of likely N-dealkylation sites (tertiary alicyclic amines) is 1. The van der Waals surface area contributed by atoms with Gasteiger partial charge in [-0.05, 0) is 69.9 Å². The van der Waals surface area contributed by atoms with Crippen LogP contribution < -0.4 is 9.47 Å². The molecule has 0 spiro atoms. The molecule has 1 unspecified atom stereocenters. The lowest BCUT2D eigenvalue weighted by atomic mass is 9.93. The van der Waals surface area contributed by atoms with Gasteiger partial charge in [-0.1, -0.05) is 0 Å². The van der Waals surface area contributed by atoms with E-state index >= 15 is 0 Å². The van der Waals surface area contributed by atoms with E-state index in [1.54, 1.807) is 25.3 Å². The Hall–Kier alpha value is -1.67. The average molecular weight is 421 g/mol. The number of Topliss-reactive ketones (excluding diaryl/α,β-unsaturated/α-hetero) is 1. The minimum atomic E-state index is -0.563. The van der Waals surface area contributed by atoms with Crippen molar-refractivity contribution in [3.8, 4) is 11.5 Å². The number of morpholine rings is 1. The summed E-state index contributed by atoms with van der Waals surface area (Å²) in [4.78, 5) is 16.3. The van der Waals surface area contributed by atoms with Crippen molar-refractivity contribution in [1.82, 2.24) is 9.80 Å². The van der Waals surface area contributed by atoms with Gasteiger partial charge in [-0.15, -0.1) is 0 Å². The highest BCUT2D eigenvalue weighted by Crippen LogP contribution is 2.28. The predicted molar refractivity (Wildman–Crippen MR) is 116 cm³/mol. The summed E-state index contributed by atoms with van der Waals surface area (Å²) in [5, 5.41) is 10.4. The number of rotatable bonds is 10. The number of hydrogen-bond acceptors (Lipinski definition) is 7. The second-order valence-corrected chi connectivity index (χ2v) is 8.37. The van der Waals surface area contributed by atoms with Crippen molar-refractivity contribution in [2.45, 2.75) is 32.3 Å². The number of methoxy groups -OCH3 is 1. The predicted octanol–water partition coefficient (Wildman–Crippen LogP) is 2.07. The Balaban J connectivity index is 1.35. The number of ether oxygens (including phenoxy) is 3. The zero-order chi connectivity index (χ0) is 21.3. The third-order valence-corrected chi connectivity index (χ3v) is 6.13. The third-order valence-electron chi connectivity index (χ3n) is 6.13. The molecule has 1 aromatic carbocycles. The van der Waals surface area contributed by atoms with Crippen LogP contribution in [-0.2, 0) is 4.74 Å². The van der Waals surface area contributed by atoms with E-state index in [2.05, 4.69) is 9.80 Å². The van der Waals surface area contributed by atoms with E-state index in [0.29, 0.717) is 23.6 Å². The Labute approximate surface area is 179 Å². The fraction of sp³-hybridized carbons (Fsp3) is 0.696. The first kappa shape index (κ1) is 23.0. The number of aliphatic hydroxyl groups excluding tert-OH is 1. The lowest BCUT2D eigenvalue weighted by Gasteiger charge is -2.34.